The van der Waals surface area contributed by atoms with E-state index in [2.05, 4.69) is 20.7 Å². The second-order valence-corrected chi connectivity index (χ2v) is 4.48. The van der Waals surface area contributed by atoms with E-state index in [0.717, 1.165) is 23.1 Å². The van der Waals surface area contributed by atoms with Crippen LogP contribution >= 0.6 is 15.9 Å². The minimum atomic E-state index is -0.396. The lowest BCUT2D eigenvalue weighted by molar-refractivity contribution is -0.142. The average molecular weight is 317 g/mol. The van der Waals surface area contributed by atoms with E-state index in [1.807, 2.05) is 19.1 Å². The van der Waals surface area contributed by atoms with Crippen LogP contribution in [0.2, 0.25) is 0 Å². The summed E-state index contributed by atoms with van der Waals surface area (Å²) < 4.78 is 15.4. The number of aryl methyl sites for hydroxylation is 1. The van der Waals surface area contributed by atoms with Gasteiger partial charge in [-0.05, 0) is 37.1 Å². The molecule has 0 bridgehead atoms. The highest BCUT2D eigenvalue weighted by Gasteiger charge is 2.05. The highest BCUT2D eigenvalue weighted by atomic mass is 79.9. The van der Waals surface area contributed by atoms with Crippen LogP contribution in [-0.2, 0) is 9.53 Å². The van der Waals surface area contributed by atoms with Crippen molar-refractivity contribution in [2.75, 3.05) is 25.7 Å². The molecule has 0 aliphatic rings. The number of esters is 1. The minimum absolute atomic E-state index is 0.0822. The predicted octanol–water partition coefficient (Wildman–Crippen LogP) is 2.71. The zero-order chi connectivity index (χ0) is 13.4. The van der Waals surface area contributed by atoms with Gasteiger partial charge in [0.05, 0.1) is 13.7 Å². The van der Waals surface area contributed by atoms with Crippen molar-refractivity contribution in [2.45, 2.75) is 13.3 Å². The molecule has 0 fully saturated rings. The minimum Gasteiger partial charge on any atom is -0.494 e. The van der Waals surface area contributed by atoms with Crippen LogP contribution < -0.4 is 9.47 Å². The van der Waals surface area contributed by atoms with Crippen LogP contribution in [0.4, 0.5) is 0 Å². The topological polar surface area (TPSA) is 44.8 Å². The Kier molecular flexibility index (Phi) is 6.57. The van der Waals surface area contributed by atoms with Gasteiger partial charge < -0.3 is 14.2 Å². The highest BCUT2D eigenvalue weighted by Crippen LogP contribution is 2.23. The van der Waals surface area contributed by atoms with Gasteiger partial charge in [0.15, 0.2) is 6.61 Å². The molecule has 0 heterocycles. The first-order chi connectivity index (χ1) is 8.67. The third-order valence-corrected chi connectivity index (χ3v) is 2.83. The molecule has 1 rings (SSSR count). The van der Waals surface area contributed by atoms with Gasteiger partial charge in [0.2, 0.25) is 0 Å². The Morgan fingerprint density at radius 1 is 1.33 bits per heavy atom. The first kappa shape index (κ1) is 14.8. The van der Waals surface area contributed by atoms with Gasteiger partial charge in [0.1, 0.15) is 11.5 Å². The first-order valence-electron chi connectivity index (χ1n) is 5.66. The maximum atomic E-state index is 11.0. The largest absolute Gasteiger partial charge is 0.494 e. The lowest BCUT2D eigenvalue weighted by atomic mass is 10.2. The standard InChI is InChI=1S/C13H17BrO4/c1-10-8-11(17-7-3-6-14)4-5-12(10)18-9-13(15)16-2/h4-5,8H,3,6-7,9H2,1-2H3. The fraction of sp³-hybridized carbons (Fsp3) is 0.462. The van der Waals surface area contributed by atoms with Crippen LogP contribution in [0.3, 0.4) is 0 Å². The van der Waals surface area contributed by atoms with E-state index in [9.17, 15) is 4.79 Å². The molecule has 0 unspecified atom stereocenters. The number of methoxy groups -OCH3 is 1. The third kappa shape index (κ3) is 4.96. The maximum absolute atomic E-state index is 11.0. The SMILES string of the molecule is COC(=O)COc1ccc(OCCCBr)cc1C. The van der Waals surface area contributed by atoms with Crippen LogP contribution in [0, 0.1) is 6.92 Å². The van der Waals surface area contributed by atoms with E-state index in [-0.39, 0.29) is 6.61 Å². The summed E-state index contributed by atoms with van der Waals surface area (Å²) in [7, 11) is 1.33. The summed E-state index contributed by atoms with van der Waals surface area (Å²) in [6, 6.07) is 5.51. The normalized spacial score (nSPS) is 9.94. The number of carbonyl (C=O) groups excluding carboxylic acids is 1. The summed E-state index contributed by atoms with van der Waals surface area (Å²) in [5, 5.41) is 0.923. The molecule has 1 aromatic rings. The summed E-state index contributed by atoms with van der Waals surface area (Å²) >= 11 is 3.35. The monoisotopic (exact) mass is 316 g/mol. The number of benzene rings is 1. The molecule has 0 aromatic heterocycles. The molecule has 0 amide bonds. The van der Waals surface area contributed by atoms with Crippen molar-refractivity contribution in [1.29, 1.82) is 0 Å². The zero-order valence-corrected chi connectivity index (χ0v) is 12.2. The summed E-state index contributed by atoms with van der Waals surface area (Å²) in [6.45, 7) is 2.50. The number of ether oxygens (including phenoxy) is 3. The van der Waals surface area contributed by atoms with Gasteiger partial charge in [-0.25, -0.2) is 4.79 Å². The van der Waals surface area contributed by atoms with Gasteiger partial charge in [-0.3, -0.25) is 0 Å². The second kappa shape index (κ2) is 7.97. The molecule has 5 heteroatoms. The van der Waals surface area contributed by atoms with Crippen LogP contribution in [0.15, 0.2) is 18.2 Å². The van der Waals surface area contributed by atoms with Gasteiger partial charge in [0, 0.05) is 5.33 Å². The van der Waals surface area contributed by atoms with Crippen molar-refractivity contribution in [1.82, 2.24) is 0 Å². The number of alkyl halides is 1. The smallest absolute Gasteiger partial charge is 0.343 e. The Morgan fingerprint density at radius 2 is 2.11 bits per heavy atom. The summed E-state index contributed by atoms with van der Waals surface area (Å²) in [5.41, 5.74) is 0.926. The van der Waals surface area contributed by atoms with Crippen LogP contribution in [0.5, 0.6) is 11.5 Å². The van der Waals surface area contributed by atoms with Gasteiger partial charge in [-0.15, -0.1) is 0 Å². The van der Waals surface area contributed by atoms with Crippen molar-refractivity contribution in [3.63, 3.8) is 0 Å². The zero-order valence-electron chi connectivity index (χ0n) is 10.6. The molecule has 0 N–H and O–H groups in total. The molecule has 4 nitrogen and oxygen atoms in total. The number of hydrogen-bond donors (Lipinski definition) is 0. The molecular formula is C13H17BrO4. The highest BCUT2D eigenvalue weighted by molar-refractivity contribution is 9.09. The lowest BCUT2D eigenvalue weighted by Gasteiger charge is -2.10. The molecule has 18 heavy (non-hydrogen) atoms. The molecule has 100 valence electrons. The number of hydrogen-bond acceptors (Lipinski definition) is 4. The first-order valence-corrected chi connectivity index (χ1v) is 6.78. The van der Waals surface area contributed by atoms with Crippen molar-refractivity contribution >= 4 is 21.9 Å². The molecule has 0 saturated heterocycles. The predicted molar refractivity (Wildman–Crippen MR) is 72.6 cm³/mol. The Labute approximate surface area is 115 Å². The van der Waals surface area contributed by atoms with Crippen LogP contribution in [0.25, 0.3) is 0 Å². The summed E-state index contributed by atoms with van der Waals surface area (Å²) in [5.74, 6) is 1.07. The molecule has 0 saturated carbocycles. The van der Waals surface area contributed by atoms with Gasteiger partial charge in [0.25, 0.3) is 0 Å². The average Bonchev–Trinajstić information content (AvgIpc) is 2.37. The second-order valence-electron chi connectivity index (χ2n) is 3.68. The van der Waals surface area contributed by atoms with E-state index >= 15 is 0 Å². The van der Waals surface area contributed by atoms with Crippen molar-refractivity contribution < 1.29 is 19.0 Å². The Morgan fingerprint density at radius 3 is 2.72 bits per heavy atom. The molecule has 0 aliphatic heterocycles. The molecule has 1 aromatic carbocycles. The number of carbonyl (C=O) groups is 1. The van der Waals surface area contributed by atoms with Crippen LogP contribution in [0.1, 0.15) is 12.0 Å². The van der Waals surface area contributed by atoms with Gasteiger partial charge >= 0.3 is 5.97 Å². The Hall–Kier alpha value is -1.23. The molecule has 0 aliphatic carbocycles. The fourth-order valence-corrected chi connectivity index (χ4v) is 1.54. The van der Waals surface area contributed by atoms with E-state index in [0.29, 0.717) is 12.4 Å². The molecular weight excluding hydrogens is 300 g/mol. The van der Waals surface area contributed by atoms with Gasteiger partial charge in [-0.2, -0.15) is 0 Å². The van der Waals surface area contributed by atoms with Crippen molar-refractivity contribution in [3.8, 4) is 11.5 Å². The maximum Gasteiger partial charge on any atom is 0.343 e. The van der Waals surface area contributed by atoms with E-state index in [1.165, 1.54) is 7.11 Å². The van der Waals surface area contributed by atoms with Gasteiger partial charge in [-0.1, -0.05) is 15.9 Å². The van der Waals surface area contributed by atoms with E-state index in [4.69, 9.17) is 9.47 Å². The van der Waals surface area contributed by atoms with E-state index in [1.54, 1.807) is 6.07 Å². The molecule has 0 atom stereocenters. The fourth-order valence-electron chi connectivity index (χ4n) is 1.31. The number of halogens is 1. The quantitative estimate of drug-likeness (QED) is 0.441. The number of rotatable bonds is 7. The Balaban J connectivity index is 2.53. The van der Waals surface area contributed by atoms with Crippen LogP contribution in [-0.4, -0.2) is 31.6 Å². The Bertz CT molecular complexity index is 393. The summed E-state index contributed by atoms with van der Waals surface area (Å²) in [4.78, 5) is 11.0. The summed E-state index contributed by atoms with van der Waals surface area (Å²) in [6.07, 6.45) is 0.958. The molecule has 0 radical (unpaired) electrons. The van der Waals surface area contributed by atoms with E-state index < -0.39 is 5.97 Å². The molecule has 0 spiro atoms. The van der Waals surface area contributed by atoms with Crippen molar-refractivity contribution in [2.24, 2.45) is 0 Å². The third-order valence-electron chi connectivity index (χ3n) is 2.27. The van der Waals surface area contributed by atoms with Crippen molar-refractivity contribution in [3.05, 3.63) is 23.8 Å². The lowest BCUT2D eigenvalue weighted by Crippen LogP contribution is -2.13.